The molecule has 1 aromatic carbocycles. The van der Waals surface area contributed by atoms with Crippen LogP contribution in [0, 0.1) is 34.5 Å². The SMILES string of the molecule is C[C@H]1C[C@H]2[C@@H]3C=C(OC(=O)c4ccccc4)C4=CC(=O)C(F)=C[C@]4(C)[C@H]3[C@@H](O)C[C@]2(C)[C@@]1(O)C(=O)CO. The molecule has 2 fully saturated rings. The molecule has 0 heterocycles. The number of hydrogen-bond donors (Lipinski definition) is 3. The van der Waals surface area contributed by atoms with E-state index in [9.17, 15) is 34.1 Å². The lowest BCUT2D eigenvalue weighted by molar-refractivity contribution is -0.178. The zero-order valence-corrected chi connectivity index (χ0v) is 21.0. The highest BCUT2D eigenvalue weighted by atomic mass is 19.1. The maximum Gasteiger partial charge on any atom is 0.343 e. The summed E-state index contributed by atoms with van der Waals surface area (Å²) in [4.78, 5) is 38.2. The highest BCUT2D eigenvalue weighted by Crippen LogP contribution is 2.68. The van der Waals surface area contributed by atoms with Crippen LogP contribution in [0.2, 0.25) is 0 Å². The van der Waals surface area contributed by atoms with E-state index in [1.54, 1.807) is 57.2 Å². The molecule has 2 saturated carbocycles. The summed E-state index contributed by atoms with van der Waals surface area (Å²) in [6.45, 7) is 4.37. The van der Waals surface area contributed by atoms with Crippen molar-refractivity contribution in [3.05, 3.63) is 71.3 Å². The Morgan fingerprint density at radius 2 is 1.86 bits per heavy atom. The summed E-state index contributed by atoms with van der Waals surface area (Å²) in [5, 5.41) is 32.8. The molecule has 0 radical (unpaired) electrons. The van der Waals surface area contributed by atoms with Gasteiger partial charge in [0.25, 0.3) is 0 Å². The molecule has 7 nitrogen and oxygen atoms in total. The lowest BCUT2D eigenvalue weighted by Gasteiger charge is -2.58. The summed E-state index contributed by atoms with van der Waals surface area (Å²) >= 11 is 0. The van der Waals surface area contributed by atoms with Crippen LogP contribution in [0.25, 0.3) is 0 Å². The minimum atomic E-state index is -1.87. The molecule has 0 aromatic heterocycles. The predicted molar refractivity (Wildman–Crippen MR) is 130 cm³/mol. The van der Waals surface area contributed by atoms with Gasteiger partial charge < -0.3 is 20.1 Å². The van der Waals surface area contributed by atoms with Crippen LogP contribution in [0.5, 0.6) is 0 Å². The number of allylic oxidation sites excluding steroid dienone is 5. The number of fused-ring (bicyclic) bond motifs is 5. The zero-order chi connectivity index (χ0) is 26.9. The van der Waals surface area contributed by atoms with Crippen molar-refractivity contribution in [3.8, 4) is 0 Å². The van der Waals surface area contributed by atoms with Gasteiger partial charge in [0, 0.05) is 22.3 Å². The summed E-state index contributed by atoms with van der Waals surface area (Å²) in [5.41, 5.74) is -3.55. The average Bonchev–Trinajstić information content (AvgIpc) is 3.06. The standard InChI is InChI=1S/C29H31FO7/c1-15-9-18-17-10-23(37-26(35)16-7-5-4-6-8-16)19-11-21(32)20(30)12-27(19,2)25(17)22(33)13-28(18,3)29(15,36)24(34)14-31/h4-8,10-12,15,17-18,22,25,31,33,36H,9,13-14H2,1-3H3/t15-,17-,18-,22-,25+,27-,28-,29-/m0/s1. The van der Waals surface area contributed by atoms with E-state index in [0.29, 0.717) is 17.6 Å². The fourth-order valence-corrected chi connectivity index (χ4v) is 7.81. The second kappa shape index (κ2) is 8.55. The Morgan fingerprint density at radius 3 is 2.51 bits per heavy atom. The molecule has 0 aliphatic heterocycles. The van der Waals surface area contributed by atoms with E-state index in [1.165, 1.54) is 6.08 Å². The molecule has 0 unspecified atom stereocenters. The van der Waals surface area contributed by atoms with E-state index in [0.717, 1.165) is 6.08 Å². The number of aliphatic hydroxyl groups is 3. The van der Waals surface area contributed by atoms with Gasteiger partial charge in [-0.2, -0.15) is 0 Å². The fraction of sp³-hybridized carbons (Fsp3) is 0.483. The van der Waals surface area contributed by atoms with E-state index in [-0.39, 0.29) is 18.1 Å². The normalized spacial score (nSPS) is 40.5. The van der Waals surface area contributed by atoms with Crippen LogP contribution < -0.4 is 0 Å². The molecule has 8 atom stereocenters. The third-order valence-electron chi connectivity index (χ3n) is 9.54. The molecule has 0 spiro atoms. The summed E-state index contributed by atoms with van der Waals surface area (Å²) in [5.74, 6) is -5.04. The number of hydrogen-bond acceptors (Lipinski definition) is 7. The summed E-state index contributed by atoms with van der Waals surface area (Å²) < 4.78 is 20.6. The second-order valence-corrected chi connectivity index (χ2v) is 11.4. The first-order valence-corrected chi connectivity index (χ1v) is 12.6. The Balaban J connectivity index is 1.66. The summed E-state index contributed by atoms with van der Waals surface area (Å²) in [6.07, 6.45) is 3.38. The van der Waals surface area contributed by atoms with Crippen LogP contribution in [0.4, 0.5) is 4.39 Å². The quantitative estimate of drug-likeness (QED) is 0.533. The van der Waals surface area contributed by atoms with Crippen molar-refractivity contribution in [1.82, 2.24) is 0 Å². The molecule has 196 valence electrons. The van der Waals surface area contributed by atoms with Crippen LogP contribution in [0.3, 0.4) is 0 Å². The number of esters is 1. The molecule has 0 saturated heterocycles. The lowest BCUT2D eigenvalue weighted by Crippen LogP contribution is -2.62. The second-order valence-electron chi connectivity index (χ2n) is 11.4. The topological polar surface area (TPSA) is 121 Å². The van der Waals surface area contributed by atoms with Crippen LogP contribution in [0.1, 0.15) is 44.0 Å². The van der Waals surface area contributed by atoms with E-state index in [4.69, 9.17) is 4.74 Å². The molecule has 4 aliphatic carbocycles. The van der Waals surface area contributed by atoms with Gasteiger partial charge in [0.2, 0.25) is 5.78 Å². The van der Waals surface area contributed by atoms with Crippen LogP contribution in [-0.4, -0.2) is 51.2 Å². The van der Waals surface area contributed by atoms with Gasteiger partial charge >= 0.3 is 5.97 Å². The van der Waals surface area contributed by atoms with Gasteiger partial charge in [-0.15, -0.1) is 0 Å². The van der Waals surface area contributed by atoms with Crippen molar-refractivity contribution < 1.29 is 38.8 Å². The smallest absolute Gasteiger partial charge is 0.343 e. The number of Topliss-reactive ketones (excluding diaryl/α,β-unsaturated/α-hetero) is 1. The number of halogens is 1. The molecular formula is C29H31FO7. The molecule has 0 bridgehead atoms. The van der Waals surface area contributed by atoms with Crippen LogP contribution in [0.15, 0.2) is 65.7 Å². The number of rotatable bonds is 4. The van der Waals surface area contributed by atoms with Crippen molar-refractivity contribution in [2.24, 2.45) is 34.5 Å². The van der Waals surface area contributed by atoms with E-state index < -0.39 is 70.3 Å². The van der Waals surface area contributed by atoms with Crippen molar-refractivity contribution in [3.63, 3.8) is 0 Å². The number of benzene rings is 1. The highest BCUT2D eigenvalue weighted by molar-refractivity contribution is 6.05. The molecular weight excluding hydrogens is 479 g/mol. The van der Waals surface area contributed by atoms with Crippen LogP contribution in [-0.2, 0) is 14.3 Å². The van der Waals surface area contributed by atoms with Gasteiger partial charge in [-0.3, -0.25) is 9.59 Å². The van der Waals surface area contributed by atoms with Crippen molar-refractivity contribution in [2.45, 2.75) is 45.3 Å². The Hall–Kier alpha value is -2.94. The Kier molecular flexibility index (Phi) is 5.94. The molecule has 1 aromatic rings. The van der Waals surface area contributed by atoms with Gasteiger partial charge in [0.15, 0.2) is 11.6 Å². The number of ketones is 2. The third kappa shape index (κ3) is 3.46. The molecule has 37 heavy (non-hydrogen) atoms. The monoisotopic (exact) mass is 510 g/mol. The van der Waals surface area contributed by atoms with Gasteiger partial charge in [0.05, 0.1) is 11.7 Å². The van der Waals surface area contributed by atoms with Crippen molar-refractivity contribution in [2.75, 3.05) is 6.61 Å². The maximum atomic E-state index is 14.8. The minimum absolute atomic E-state index is 0.0463. The molecule has 5 rings (SSSR count). The Morgan fingerprint density at radius 1 is 1.19 bits per heavy atom. The van der Waals surface area contributed by atoms with Crippen molar-refractivity contribution in [1.29, 1.82) is 0 Å². The molecule has 0 amide bonds. The van der Waals surface area contributed by atoms with E-state index in [2.05, 4.69) is 0 Å². The largest absolute Gasteiger partial charge is 0.423 e. The molecule has 4 aliphatic rings. The maximum absolute atomic E-state index is 14.8. The summed E-state index contributed by atoms with van der Waals surface area (Å²) in [7, 11) is 0. The fourth-order valence-electron chi connectivity index (χ4n) is 7.81. The average molecular weight is 511 g/mol. The predicted octanol–water partition coefficient (Wildman–Crippen LogP) is 3.06. The minimum Gasteiger partial charge on any atom is -0.423 e. The van der Waals surface area contributed by atoms with E-state index >= 15 is 0 Å². The lowest BCUT2D eigenvalue weighted by atomic mass is 9.47. The Bertz CT molecular complexity index is 1270. The van der Waals surface area contributed by atoms with Gasteiger partial charge in [-0.05, 0) is 61.0 Å². The molecule has 8 heteroatoms. The first-order chi connectivity index (χ1) is 17.4. The van der Waals surface area contributed by atoms with Crippen molar-refractivity contribution >= 4 is 17.5 Å². The first-order valence-electron chi connectivity index (χ1n) is 12.6. The number of aliphatic hydroxyl groups excluding tert-OH is 2. The highest BCUT2D eigenvalue weighted by Gasteiger charge is 2.70. The van der Waals surface area contributed by atoms with Gasteiger partial charge in [-0.25, -0.2) is 9.18 Å². The van der Waals surface area contributed by atoms with E-state index in [1.807, 2.05) is 0 Å². The van der Waals surface area contributed by atoms with Gasteiger partial charge in [0.1, 0.15) is 18.0 Å². The number of carbonyl (C=O) groups excluding carboxylic acids is 3. The third-order valence-corrected chi connectivity index (χ3v) is 9.54. The van der Waals surface area contributed by atoms with Crippen LogP contribution >= 0.6 is 0 Å². The number of carbonyl (C=O) groups is 3. The van der Waals surface area contributed by atoms with Gasteiger partial charge in [-0.1, -0.05) is 39.0 Å². The summed E-state index contributed by atoms with van der Waals surface area (Å²) in [6, 6.07) is 8.32. The Labute approximate surface area is 214 Å². The zero-order valence-electron chi connectivity index (χ0n) is 21.0. The molecule has 3 N–H and O–H groups in total. The number of ether oxygens (including phenoxy) is 1. The first kappa shape index (κ1) is 25.7.